The molecule has 0 aliphatic carbocycles. The lowest BCUT2D eigenvalue weighted by Gasteiger charge is -2.27. The van der Waals surface area contributed by atoms with Gasteiger partial charge in [-0.2, -0.15) is 5.26 Å². The van der Waals surface area contributed by atoms with E-state index in [1.807, 2.05) is 12.1 Å². The molecule has 0 amide bonds. The number of benzene rings is 1. The molecule has 2 aliphatic heterocycles. The largest absolute Gasteiger partial charge is 0.486 e. The second-order valence-corrected chi connectivity index (χ2v) is 5.92. The second-order valence-electron chi connectivity index (χ2n) is 5.51. The minimum absolute atomic E-state index is 0.267. The van der Waals surface area contributed by atoms with E-state index in [-0.39, 0.29) is 6.04 Å². The van der Waals surface area contributed by atoms with Crippen LogP contribution in [-0.4, -0.2) is 31.2 Å². The van der Waals surface area contributed by atoms with Gasteiger partial charge in [-0.1, -0.05) is 24.4 Å². The zero-order chi connectivity index (χ0) is 14.7. The van der Waals surface area contributed by atoms with Gasteiger partial charge in [0.05, 0.1) is 11.1 Å². The number of nitrogens with zero attached hydrogens (tertiary/aromatic N) is 2. The summed E-state index contributed by atoms with van der Waals surface area (Å²) in [5.74, 6) is 1.25. The third kappa shape index (κ3) is 3.09. The first-order chi connectivity index (χ1) is 10.3. The van der Waals surface area contributed by atoms with Gasteiger partial charge in [0.25, 0.3) is 0 Å². The number of hydrogen-bond donors (Lipinski definition) is 0. The van der Waals surface area contributed by atoms with E-state index in [1.165, 1.54) is 12.8 Å². The summed E-state index contributed by atoms with van der Waals surface area (Å²) in [4.78, 5) is 2.24. The van der Waals surface area contributed by atoms with Crippen molar-refractivity contribution in [1.82, 2.24) is 4.90 Å². The third-order valence-corrected chi connectivity index (χ3v) is 4.34. The molecule has 3 rings (SSSR count). The second kappa shape index (κ2) is 6.55. The standard InChI is InChI=1S/C16H19ClN2O2/c17-13-9-12(10-15-16(13)21-8-7-20-15)14(11-18)19-5-3-1-2-4-6-19/h9-10,14H,1-8H2. The molecule has 1 aromatic rings. The van der Waals surface area contributed by atoms with Crippen molar-refractivity contribution in [2.75, 3.05) is 26.3 Å². The van der Waals surface area contributed by atoms with Gasteiger partial charge >= 0.3 is 0 Å². The highest BCUT2D eigenvalue weighted by Crippen LogP contribution is 2.40. The molecule has 0 saturated carbocycles. The average Bonchev–Trinajstić information content (AvgIpc) is 2.77. The van der Waals surface area contributed by atoms with Gasteiger partial charge in [0.1, 0.15) is 19.3 Å². The van der Waals surface area contributed by atoms with Crippen LogP contribution in [0.3, 0.4) is 0 Å². The normalized spacial score (nSPS) is 20.4. The van der Waals surface area contributed by atoms with Crippen LogP contribution in [0.1, 0.15) is 37.3 Å². The lowest BCUT2D eigenvalue weighted by atomic mass is 10.0. The molecule has 1 unspecified atom stereocenters. The molecule has 21 heavy (non-hydrogen) atoms. The highest BCUT2D eigenvalue weighted by Gasteiger charge is 2.25. The molecule has 0 aromatic heterocycles. The Morgan fingerprint density at radius 2 is 1.81 bits per heavy atom. The summed E-state index contributed by atoms with van der Waals surface area (Å²) < 4.78 is 11.1. The predicted octanol–water partition coefficient (Wildman–Crippen LogP) is 3.55. The molecule has 112 valence electrons. The van der Waals surface area contributed by atoms with Crippen molar-refractivity contribution in [2.24, 2.45) is 0 Å². The first-order valence-electron chi connectivity index (χ1n) is 7.52. The summed E-state index contributed by atoms with van der Waals surface area (Å²) in [5.41, 5.74) is 0.897. The van der Waals surface area contributed by atoms with Gasteiger partial charge in [0.15, 0.2) is 11.5 Å². The first-order valence-corrected chi connectivity index (χ1v) is 7.90. The fourth-order valence-corrected chi connectivity index (χ4v) is 3.28. The van der Waals surface area contributed by atoms with E-state index in [1.54, 1.807) is 0 Å². The monoisotopic (exact) mass is 306 g/mol. The number of nitriles is 1. The van der Waals surface area contributed by atoms with Gasteiger partial charge < -0.3 is 9.47 Å². The number of ether oxygens (including phenoxy) is 2. The van der Waals surface area contributed by atoms with Crippen LogP contribution in [0.5, 0.6) is 11.5 Å². The molecule has 0 N–H and O–H groups in total. The van der Waals surface area contributed by atoms with Crippen LogP contribution in [0, 0.1) is 11.3 Å². The fourth-order valence-electron chi connectivity index (χ4n) is 3.01. The van der Waals surface area contributed by atoms with Gasteiger partial charge in [-0.25, -0.2) is 0 Å². The van der Waals surface area contributed by atoms with Crippen molar-refractivity contribution in [3.63, 3.8) is 0 Å². The van der Waals surface area contributed by atoms with Crippen LogP contribution in [0.2, 0.25) is 5.02 Å². The predicted molar refractivity (Wildman–Crippen MR) is 80.8 cm³/mol. The number of halogens is 1. The number of likely N-dealkylation sites (tertiary alicyclic amines) is 1. The maximum atomic E-state index is 9.61. The molecule has 2 heterocycles. The minimum atomic E-state index is -0.267. The molecular formula is C16H19ClN2O2. The first kappa shape index (κ1) is 14.5. The Bertz CT molecular complexity index is 548. The summed E-state index contributed by atoms with van der Waals surface area (Å²) in [6, 6.07) is 5.90. The Kier molecular flexibility index (Phi) is 4.52. The lowest BCUT2D eigenvalue weighted by Crippen LogP contribution is -2.29. The fraction of sp³-hybridized carbons (Fsp3) is 0.562. The molecule has 4 nitrogen and oxygen atoms in total. The van der Waals surface area contributed by atoms with Gasteiger partial charge in [0.2, 0.25) is 0 Å². The third-order valence-electron chi connectivity index (χ3n) is 4.06. The van der Waals surface area contributed by atoms with Crippen LogP contribution in [-0.2, 0) is 0 Å². The average molecular weight is 307 g/mol. The summed E-state index contributed by atoms with van der Waals surface area (Å²) in [6.45, 7) is 2.96. The Hall–Kier alpha value is -1.44. The molecule has 1 saturated heterocycles. The molecule has 1 aromatic carbocycles. The van der Waals surface area contributed by atoms with Crippen molar-refractivity contribution in [3.05, 3.63) is 22.7 Å². The maximum Gasteiger partial charge on any atom is 0.179 e. The highest BCUT2D eigenvalue weighted by atomic mass is 35.5. The van der Waals surface area contributed by atoms with Crippen molar-refractivity contribution in [2.45, 2.75) is 31.7 Å². The molecule has 5 heteroatoms. The Morgan fingerprint density at radius 3 is 2.52 bits per heavy atom. The summed E-state index contributed by atoms with van der Waals surface area (Å²) >= 11 is 6.29. The molecule has 0 bridgehead atoms. The van der Waals surface area contributed by atoms with Crippen molar-refractivity contribution >= 4 is 11.6 Å². The Morgan fingerprint density at radius 1 is 1.10 bits per heavy atom. The summed E-state index contributed by atoms with van der Waals surface area (Å²) in [5, 5.41) is 10.1. The SMILES string of the molecule is N#CC(c1cc(Cl)c2c(c1)OCCO2)N1CCCCCC1. The molecular weight excluding hydrogens is 288 g/mol. The summed E-state index contributed by atoms with van der Waals surface area (Å²) in [7, 11) is 0. The van der Waals surface area contributed by atoms with E-state index in [0.29, 0.717) is 29.7 Å². The van der Waals surface area contributed by atoms with Crippen molar-refractivity contribution in [1.29, 1.82) is 5.26 Å². The smallest absolute Gasteiger partial charge is 0.179 e. The molecule has 0 spiro atoms. The Labute approximate surface area is 130 Å². The topological polar surface area (TPSA) is 45.5 Å². The summed E-state index contributed by atoms with van der Waals surface area (Å²) in [6.07, 6.45) is 4.79. The van der Waals surface area contributed by atoms with E-state index >= 15 is 0 Å². The van der Waals surface area contributed by atoms with Crippen LogP contribution in [0.25, 0.3) is 0 Å². The van der Waals surface area contributed by atoms with E-state index in [4.69, 9.17) is 21.1 Å². The van der Waals surface area contributed by atoms with E-state index in [2.05, 4.69) is 11.0 Å². The highest BCUT2D eigenvalue weighted by molar-refractivity contribution is 6.32. The number of hydrogen-bond acceptors (Lipinski definition) is 4. The van der Waals surface area contributed by atoms with Gasteiger partial charge in [-0.15, -0.1) is 0 Å². The van der Waals surface area contributed by atoms with Crippen LogP contribution >= 0.6 is 11.6 Å². The molecule has 0 radical (unpaired) electrons. The van der Waals surface area contributed by atoms with Gasteiger partial charge in [0, 0.05) is 0 Å². The molecule has 1 fully saturated rings. The van der Waals surface area contributed by atoms with E-state index in [9.17, 15) is 5.26 Å². The number of fused-ring (bicyclic) bond motifs is 1. The number of rotatable bonds is 2. The Balaban J connectivity index is 1.90. The zero-order valence-electron chi connectivity index (χ0n) is 12.0. The van der Waals surface area contributed by atoms with Crippen LogP contribution < -0.4 is 9.47 Å². The van der Waals surface area contributed by atoms with Crippen molar-refractivity contribution < 1.29 is 9.47 Å². The zero-order valence-corrected chi connectivity index (χ0v) is 12.7. The molecule has 2 aliphatic rings. The van der Waals surface area contributed by atoms with Gasteiger partial charge in [-0.3, -0.25) is 4.90 Å². The maximum absolute atomic E-state index is 9.61. The van der Waals surface area contributed by atoms with Crippen LogP contribution in [0.15, 0.2) is 12.1 Å². The van der Waals surface area contributed by atoms with E-state index in [0.717, 1.165) is 31.5 Å². The lowest BCUT2D eigenvalue weighted by molar-refractivity contribution is 0.171. The molecule has 1 atom stereocenters. The van der Waals surface area contributed by atoms with E-state index < -0.39 is 0 Å². The van der Waals surface area contributed by atoms with Gasteiger partial charge in [-0.05, 0) is 43.6 Å². The van der Waals surface area contributed by atoms with Crippen molar-refractivity contribution in [3.8, 4) is 17.6 Å². The minimum Gasteiger partial charge on any atom is -0.486 e. The van der Waals surface area contributed by atoms with Crippen LogP contribution in [0.4, 0.5) is 0 Å². The quantitative estimate of drug-likeness (QED) is 0.838.